The van der Waals surface area contributed by atoms with Crippen LogP contribution in [-0.2, 0) is 6.54 Å². The van der Waals surface area contributed by atoms with Crippen molar-refractivity contribution in [3.05, 3.63) is 83.0 Å². The van der Waals surface area contributed by atoms with Gasteiger partial charge in [0.1, 0.15) is 0 Å². The van der Waals surface area contributed by atoms with Crippen LogP contribution in [0.5, 0.6) is 0 Å². The lowest BCUT2D eigenvalue weighted by Crippen LogP contribution is -2.30. The minimum atomic E-state index is 0.423. The predicted octanol–water partition coefficient (Wildman–Crippen LogP) is 4.94. The van der Waals surface area contributed by atoms with E-state index in [0.29, 0.717) is 5.92 Å². The smallest absolute Gasteiger partial charge is 0.159 e. The van der Waals surface area contributed by atoms with E-state index in [-0.39, 0.29) is 0 Å². The molecule has 4 heteroatoms. The van der Waals surface area contributed by atoms with Crippen molar-refractivity contribution in [1.82, 2.24) is 14.9 Å². The fourth-order valence-electron chi connectivity index (χ4n) is 3.85. The van der Waals surface area contributed by atoms with E-state index >= 15 is 0 Å². The number of hydrogen-bond acceptors (Lipinski definition) is 4. The van der Waals surface area contributed by atoms with Crippen LogP contribution in [0.25, 0.3) is 21.5 Å². The normalized spacial score (nSPS) is 17.3. The first-order valence-corrected chi connectivity index (χ1v) is 9.67. The number of fused-ring (bicyclic) bond motifs is 2. The van der Waals surface area contributed by atoms with Gasteiger partial charge in [-0.15, -0.1) is 11.3 Å². The Hall–Kier alpha value is -2.56. The molecule has 0 fully saturated rings. The largest absolute Gasteiger partial charge is 0.301 e. The second kappa shape index (κ2) is 6.31. The molecule has 5 rings (SSSR count). The van der Waals surface area contributed by atoms with Crippen LogP contribution in [0.15, 0.2) is 67.0 Å². The number of rotatable bonds is 2. The van der Waals surface area contributed by atoms with E-state index < -0.39 is 0 Å². The quantitative estimate of drug-likeness (QED) is 0.509. The van der Waals surface area contributed by atoms with Gasteiger partial charge in [-0.3, -0.25) is 0 Å². The van der Waals surface area contributed by atoms with Crippen LogP contribution in [0.3, 0.4) is 0 Å². The zero-order valence-electron chi connectivity index (χ0n) is 14.6. The minimum absolute atomic E-state index is 0.423. The van der Waals surface area contributed by atoms with Crippen LogP contribution in [0.4, 0.5) is 0 Å². The first-order valence-electron chi connectivity index (χ1n) is 8.85. The van der Waals surface area contributed by atoms with Gasteiger partial charge in [-0.1, -0.05) is 30.3 Å². The molecule has 1 unspecified atom stereocenters. The number of hydrogen-bond donors (Lipinski definition) is 0. The Morgan fingerprint density at radius 2 is 1.85 bits per heavy atom. The molecular formula is C22H19N3S. The van der Waals surface area contributed by atoms with Crippen molar-refractivity contribution in [2.24, 2.45) is 0 Å². The first kappa shape index (κ1) is 15.7. The molecule has 0 saturated carbocycles. The third-order valence-corrected chi connectivity index (χ3v) is 6.29. The molecule has 3 heterocycles. The van der Waals surface area contributed by atoms with Crippen LogP contribution >= 0.6 is 11.3 Å². The zero-order valence-corrected chi connectivity index (χ0v) is 15.4. The van der Waals surface area contributed by atoms with Crippen molar-refractivity contribution in [3.8, 4) is 11.4 Å². The molecule has 0 bridgehead atoms. The van der Waals surface area contributed by atoms with Gasteiger partial charge >= 0.3 is 0 Å². The van der Waals surface area contributed by atoms with Crippen molar-refractivity contribution in [2.45, 2.75) is 12.5 Å². The molecule has 0 radical (unpaired) electrons. The van der Waals surface area contributed by atoms with E-state index in [4.69, 9.17) is 0 Å². The van der Waals surface area contributed by atoms with Crippen molar-refractivity contribution in [1.29, 1.82) is 0 Å². The maximum Gasteiger partial charge on any atom is 0.159 e. The molecule has 26 heavy (non-hydrogen) atoms. The summed E-state index contributed by atoms with van der Waals surface area (Å²) < 4.78 is 1.37. The number of aromatic nitrogens is 2. The fourth-order valence-corrected chi connectivity index (χ4v) is 5.03. The number of likely N-dealkylation sites (N-methyl/N-ethyl adjacent to an activating group) is 1. The lowest BCUT2D eigenvalue weighted by molar-refractivity contribution is 0.296. The summed E-state index contributed by atoms with van der Waals surface area (Å²) in [7, 11) is 2.20. The van der Waals surface area contributed by atoms with Gasteiger partial charge in [-0.2, -0.15) is 0 Å². The monoisotopic (exact) mass is 357 g/mol. The van der Waals surface area contributed by atoms with Crippen LogP contribution in [0.2, 0.25) is 0 Å². The van der Waals surface area contributed by atoms with E-state index in [2.05, 4.69) is 70.4 Å². The maximum absolute atomic E-state index is 4.40. The molecule has 1 atom stereocenters. The Labute approximate surface area is 157 Å². The Kier molecular flexibility index (Phi) is 3.80. The lowest BCUT2D eigenvalue weighted by Gasteiger charge is -2.32. The van der Waals surface area contributed by atoms with Crippen molar-refractivity contribution >= 4 is 21.4 Å². The topological polar surface area (TPSA) is 29.0 Å². The van der Waals surface area contributed by atoms with Gasteiger partial charge in [0.2, 0.25) is 0 Å². The van der Waals surface area contributed by atoms with Crippen molar-refractivity contribution in [3.63, 3.8) is 0 Å². The van der Waals surface area contributed by atoms with Crippen LogP contribution in [0.1, 0.15) is 21.9 Å². The highest BCUT2D eigenvalue weighted by molar-refractivity contribution is 7.19. The predicted molar refractivity (Wildman–Crippen MR) is 107 cm³/mol. The Morgan fingerprint density at radius 3 is 2.69 bits per heavy atom. The molecule has 0 amide bonds. The first-order chi connectivity index (χ1) is 12.8. The molecule has 2 aromatic heterocycles. The van der Waals surface area contributed by atoms with Crippen molar-refractivity contribution in [2.75, 3.05) is 13.6 Å². The van der Waals surface area contributed by atoms with Gasteiger partial charge in [0, 0.05) is 46.5 Å². The molecule has 0 saturated heterocycles. The average Bonchev–Trinajstić information content (AvgIpc) is 3.11. The van der Waals surface area contributed by atoms with E-state index in [9.17, 15) is 0 Å². The molecular weight excluding hydrogens is 338 g/mol. The Bertz CT molecular complexity index is 1040. The SMILES string of the molecule is CN1Cc2cc(-c3ncccn3)ccc2C(c2cc3ccccc3s2)C1. The van der Waals surface area contributed by atoms with Gasteiger partial charge in [0.15, 0.2) is 5.82 Å². The summed E-state index contributed by atoms with van der Waals surface area (Å²) in [6.45, 7) is 2.03. The highest BCUT2D eigenvalue weighted by atomic mass is 32.1. The molecule has 1 aliphatic heterocycles. The molecule has 1 aliphatic rings. The average molecular weight is 357 g/mol. The molecule has 2 aromatic carbocycles. The summed E-state index contributed by atoms with van der Waals surface area (Å²) in [5.41, 5.74) is 3.91. The van der Waals surface area contributed by atoms with Gasteiger partial charge in [0.05, 0.1) is 0 Å². The standard InChI is InChI=1S/C22H19N3S/c1-25-13-17-11-16(22-23-9-4-10-24-22)7-8-18(17)19(14-25)21-12-15-5-2-3-6-20(15)26-21/h2-12,19H,13-14H2,1H3. The Balaban J connectivity index is 1.59. The van der Waals surface area contributed by atoms with Gasteiger partial charge < -0.3 is 4.90 Å². The van der Waals surface area contributed by atoms with E-state index in [1.165, 1.54) is 26.1 Å². The number of nitrogens with zero attached hydrogens (tertiary/aromatic N) is 3. The van der Waals surface area contributed by atoms with Crippen LogP contribution in [0, 0.1) is 0 Å². The second-order valence-corrected chi connectivity index (χ2v) is 8.04. The summed E-state index contributed by atoms with van der Waals surface area (Å²) in [5.74, 6) is 1.22. The zero-order chi connectivity index (χ0) is 17.5. The van der Waals surface area contributed by atoms with Gasteiger partial charge in [-0.25, -0.2) is 9.97 Å². The summed E-state index contributed by atoms with van der Waals surface area (Å²) in [6.07, 6.45) is 3.60. The number of thiophene rings is 1. The lowest BCUT2D eigenvalue weighted by atomic mass is 9.87. The van der Waals surface area contributed by atoms with Crippen molar-refractivity contribution < 1.29 is 0 Å². The van der Waals surface area contributed by atoms with Crippen LogP contribution < -0.4 is 0 Å². The third kappa shape index (κ3) is 2.71. The van der Waals surface area contributed by atoms with Gasteiger partial charge in [0.25, 0.3) is 0 Å². The highest BCUT2D eigenvalue weighted by Crippen LogP contribution is 2.39. The third-order valence-electron chi connectivity index (χ3n) is 5.06. The molecule has 0 spiro atoms. The Morgan fingerprint density at radius 1 is 1.00 bits per heavy atom. The maximum atomic E-state index is 4.40. The molecule has 3 nitrogen and oxygen atoms in total. The van der Waals surface area contributed by atoms with E-state index in [0.717, 1.165) is 24.5 Å². The molecule has 128 valence electrons. The second-order valence-electron chi connectivity index (χ2n) is 6.92. The number of benzene rings is 2. The molecule has 4 aromatic rings. The summed E-state index contributed by atoms with van der Waals surface area (Å²) in [4.78, 5) is 12.7. The van der Waals surface area contributed by atoms with E-state index in [1.807, 2.05) is 17.4 Å². The van der Waals surface area contributed by atoms with Gasteiger partial charge in [-0.05, 0) is 47.8 Å². The summed E-state index contributed by atoms with van der Waals surface area (Å²) >= 11 is 1.92. The summed E-state index contributed by atoms with van der Waals surface area (Å²) in [5, 5.41) is 1.34. The fraction of sp³-hybridized carbons (Fsp3) is 0.182. The molecule has 0 N–H and O–H groups in total. The van der Waals surface area contributed by atoms with Crippen LogP contribution in [-0.4, -0.2) is 28.5 Å². The molecule has 0 aliphatic carbocycles. The summed E-state index contributed by atoms with van der Waals surface area (Å²) in [6, 6.07) is 19.6. The highest BCUT2D eigenvalue weighted by Gasteiger charge is 2.26. The van der Waals surface area contributed by atoms with E-state index in [1.54, 1.807) is 12.4 Å². The minimum Gasteiger partial charge on any atom is -0.301 e.